The maximum Gasteiger partial charge on any atom is 0.258 e. The van der Waals surface area contributed by atoms with Crippen LogP contribution in [0.15, 0.2) is 95.1 Å². The number of nitrogens with zero attached hydrogens (tertiary/aromatic N) is 2. The van der Waals surface area contributed by atoms with Gasteiger partial charge in [0.2, 0.25) is 0 Å². The van der Waals surface area contributed by atoms with E-state index in [0.29, 0.717) is 11.3 Å². The number of aromatic nitrogens is 3. The van der Waals surface area contributed by atoms with Crippen LogP contribution in [0.5, 0.6) is 0 Å². The molecule has 0 unspecified atom stereocenters. The fraction of sp³-hybridized carbons (Fsp3) is 0.0400. The summed E-state index contributed by atoms with van der Waals surface area (Å²) in [7, 11) is 0. The summed E-state index contributed by atoms with van der Waals surface area (Å²) >= 11 is 1.60. The van der Waals surface area contributed by atoms with Gasteiger partial charge in [0.05, 0.1) is 27.5 Å². The van der Waals surface area contributed by atoms with Crippen LogP contribution in [-0.2, 0) is 0 Å². The molecule has 0 aliphatic heterocycles. The van der Waals surface area contributed by atoms with Gasteiger partial charge in [-0.25, -0.2) is 4.68 Å². The quantitative estimate of drug-likeness (QED) is 0.400. The minimum Gasteiger partial charge on any atom is -0.321 e. The maximum absolute atomic E-state index is 13.3. The highest BCUT2D eigenvalue weighted by Crippen LogP contribution is 2.33. The van der Waals surface area contributed by atoms with Crippen molar-refractivity contribution >= 4 is 11.3 Å². The summed E-state index contributed by atoms with van der Waals surface area (Å²) in [5.41, 5.74) is 5.72. The fourth-order valence-corrected chi connectivity index (χ4v) is 4.35. The monoisotopic (exact) mass is 409 g/mol. The molecule has 0 fully saturated rings. The van der Waals surface area contributed by atoms with Crippen molar-refractivity contribution < 1.29 is 0 Å². The lowest BCUT2D eigenvalue weighted by molar-refractivity contribution is 0.850. The number of pyridine rings is 1. The van der Waals surface area contributed by atoms with E-state index in [1.807, 2.05) is 95.8 Å². The van der Waals surface area contributed by atoms with Crippen LogP contribution >= 0.6 is 11.3 Å². The van der Waals surface area contributed by atoms with E-state index < -0.39 is 0 Å². The molecule has 146 valence electrons. The molecule has 0 spiro atoms. The third-order valence-corrected chi connectivity index (χ3v) is 5.95. The van der Waals surface area contributed by atoms with Crippen LogP contribution in [0.3, 0.4) is 0 Å². The zero-order chi connectivity index (χ0) is 20.5. The Kier molecular flexibility index (Phi) is 4.65. The van der Waals surface area contributed by atoms with Crippen LogP contribution in [-0.4, -0.2) is 14.8 Å². The number of para-hydroxylation sites is 1. The lowest BCUT2D eigenvalue weighted by Gasteiger charge is -2.10. The third kappa shape index (κ3) is 3.29. The van der Waals surface area contributed by atoms with E-state index in [4.69, 9.17) is 5.10 Å². The van der Waals surface area contributed by atoms with Crippen molar-refractivity contribution in [3.05, 3.63) is 106 Å². The van der Waals surface area contributed by atoms with E-state index in [1.165, 1.54) is 0 Å². The molecule has 0 saturated carbocycles. The van der Waals surface area contributed by atoms with Crippen LogP contribution in [0.4, 0.5) is 0 Å². The lowest BCUT2D eigenvalue weighted by atomic mass is 9.98. The number of benzene rings is 2. The zero-order valence-electron chi connectivity index (χ0n) is 16.4. The summed E-state index contributed by atoms with van der Waals surface area (Å²) in [6.07, 6.45) is 0. The molecule has 0 aliphatic rings. The smallest absolute Gasteiger partial charge is 0.258 e. The predicted molar refractivity (Wildman–Crippen MR) is 123 cm³/mol. The Hall–Kier alpha value is -3.70. The molecule has 3 aromatic heterocycles. The van der Waals surface area contributed by atoms with E-state index in [-0.39, 0.29) is 5.56 Å². The van der Waals surface area contributed by atoms with Crippen LogP contribution in [0.1, 0.15) is 5.69 Å². The molecule has 2 aromatic carbocycles. The number of hydrogen-bond acceptors (Lipinski definition) is 3. The highest BCUT2D eigenvalue weighted by atomic mass is 32.1. The van der Waals surface area contributed by atoms with Crippen molar-refractivity contribution in [2.45, 2.75) is 6.92 Å². The lowest BCUT2D eigenvalue weighted by Crippen LogP contribution is -2.12. The first kappa shape index (κ1) is 18.3. The second kappa shape index (κ2) is 7.61. The number of aryl methyl sites for hydroxylation is 1. The SMILES string of the molecule is Cc1cc(-c2c(-c3ccccc3)cc(-c3cccs3)[nH]c2=O)nn1-c1ccccc1. The Morgan fingerprint density at radius 1 is 0.900 bits per heavy atom. The second-order valence-corrected chi connectivity index (χ2v) is 8.01. The summed E-state index contributed by atoms with van der Waals surface area (Å²) in [5, 5.41) is 6.80. The van der Waals surface area contributed by atoms with E-state index in [0.717, 1.165) is 33.1 Å². The van der Waals surface area contributed by atoms with Gasteiger partial charge in [0.1, 0.15) is 0 Å². The molecule has 0 atom stereocenters. The maximum atomic E-state index is 13.3. The summed E-state index contributed by atoms with van der Waals surface area (Å²) in [6, 6.07) is 28.0. The minimum atomic E-state index is -0.141. The van der Waals surface area contributed by atoms with Crippen molar-refractivity contribution in [1.29, 1.82) is 0 Å². The van der Waals surface area contributed by atoms with Crippen molar-refractivity contribution in [1.82, 2.24) is 14.8 Å². The molecule has 0 saturated heterocycles. The van der Waals surface area contributed by atoms with Gasteiger partial charge in [-0.1, -0.05) is 54.6 Å². The molecule has 3 heterocycles. The van der Waals surface area contributed by atoms with Gasteiger partial charge >= 0.3 is 0 Å². The predicted octanol–water partition coefficient (Wildman–Crippen LogP) is 5.93. The average Bonchev–Trinajstić information content (AvgIpc) is 3.44. The number of nitrogens with one attached hydrogen (secondary N) is 1. The molecule has 4 nitrogen and oxygen atoms in total. The summed E-state index contributed by atoms with van der Waals surface area (Å²) in [5.74, 6) is 0. The van der Waals surface area contributed by atoms with Gasteiger partial charge in [-0.2, -0.15) is 5.10 Å². The fourth-order valence-electron chi connectivity index (χ4n) is 3.65. The second-order valence-electron chi connectivity index (χ2n) is 7.06. The minimum absolute atomic E-state index is 0.141. The Morgan fingerprint density at radius 2 is 1.63 bits per heavy atom. The number of rotatable bonds is 4. The zero-order valence-corrected chi connectivity index (χ0v) is 17.2. The Morgan fingerprint density at radius 3 is 2.33 bits per heavy atom. The number of H-pyrrole nitrogens is 1. The Bertz CT molecular complexity index is 1350. The van der Waals surface area contributed by atoms with Gasteiger partial charge in [-0.15, -0.1) is 11.3 Å². The van der Waals surface area contributed by atoms with Crippen LogP contribution < -0.4 is 5.56 Å². The van der Waals surface area contributed by atoms with Crippen LogP contribution in [0.25, 0.3) is 38.6 Å². The van der Waals surface area contributed by atoms with Crippen molar-refractivity contribution in [3.63, 3.8) is 0 Å². The highest BCUT2D eigenvalue weighted by Gasteiger charge is 2.18. The van der Waals surface area contributed by atoms with Gasteiger partial charge in [0.25, 0.3) is 5.56 Å². The average molecular weight is 410 g/mol. The van der Waals surface area contributed by atoms with Crippen molar-refractivity contribution in [2.24, 2.45) is 0 Å². The third-order valence-electron chi connectivity index (χ3n) is 5.05. The number of thiophene rings is 1. The van der Waals surface area contributed by atoms with Crippen molar-refractivity contribution in [3.8, 4) is 38.6 Å². The summed E-state index contributed by atoms with van der Waals surface area (Å²) < 4.78 is 1.87. The largest absolute Gasteiger partial charge is 0.321 e. The molecular weight excluding hydrogens is 390 g/mol. The molecule has 0 amide bonds. The van der Waals surface area contributed by atoms with Gasteiger partial charge in [-0.3, -0.25) is 4.79 Å². The molecule has 30 heavy (non-hydrogen) atoms. The number of hydrogen-bond donors (Lipinski definition) is 1. The van der Waals surface area contributed by atoms with E-state index in [2.05, 4.69) is 11.1 Å². The summed E-state index contributed by atoms with van der Waals surface area (Å²) in [6.45, 7) is 2.00. The molecule has 0 radical (unpaired) electrons. The topological polar surface area (TPSA) is 50.7 Å². The summed E-state index contributed by atoms with van der Waals surface area (Å²) in [4.78, 5) is 17.4. The molecular formula is C25H19N3OS. The van der Waals surface area contributed by atoms with E-state index in [1.54, 1.807) is 11.3 Å². The van der Waals surface area contributed by atoms with Gasteiger partial charge < -0.3 is 4.98 Å². The van der Waals surface area contributed by atoms with Crippen LogP contribution in [0, 0.1) is 6.92 Å². The van der Waals surface area contributed by atoms with Crippen molar-refractivity contribution in [2.75, 3.05) is 0 Å². The first-order valence-electron chi connectivity index (χ1n) is 9.70. The molecule has 0 bridgehead atoms. The van der Waals surface area contributed by atoms with Gasteiger partial charge in [0.15, 0.2) is 0 Å². The molecule has 5 heteroatoms. The van der Waals surface area contributed by atoms with Gasteiger partial charge in [-0.05, 0) is 53.8 Å². The normalized spacial score (nSPS) is 11.0. The van der Waals surface area contributed by atoms with Gasteiger partial charge in [0, 0.05) is 5.69 Å². The molecule has 5 aromatic rings. The molecule has 1 N–H and O–H groups in total. The van der Waals surface area contributed by atoms with E-state index in [9.17, 15) is 4.79 Å². The first-order valence-corrected chi connectivity index (χ1v) is 10.6. The number of aromatic amines is 1. The van der Waals surface area contributed by atoms with Crippen LogP contribution in [0.2, 0.25) is 0 Å². The Balaban J connectivity index is 1.74. The highest BCUT2D eigenvalue weighted by molar-refractivity contribution is 7.13. The first-order chi connectivity index (χ1) is 14.7. The Labute approximate surface area is 178 Å². The van der Waals surface area contributed by atoms with E-state index >= 15 is 0 Å². The molecule has 5 rings (SSSR count). The standard InChI is InChI=1S/C25H19N3OS/c1-17-15-22(27-28(17)19-11-6-3-7-12-19)24-20(18-9-4-2-5-10-18)16-21(26-25(24)29)23-13-8-14-30-23/h2-16H,1H3,(H,26,29). The molecule has 0 aliphatic carbocycles.